The zero-order valence-corrected chi connectivity index (χ0v) is 8.12. The molecule has 1 N–H and O–H groups in total. The molecule has 0 aliphatic heterocycles. The van der Waals surface area contributed by atoms with Crippen molar-refractivity contribution in [1.29, 1.82) is 0 Å². The van der Waals surface area contributed by atoms with Gasteiger partial charge in [0.15, 0.2) is 0 Å². The fourth-order valence-corrected chi connectivity index (χ4v) is 1.36. The lowest BCUT2D eigenvalue weighted by Crippen LogP contribution is -2.00. The Balaban J connectivity index is 2.25. The van der Waals surface area contributed by atoms with Gasteiger partial charge in [0.05, 0.1) is 11.7 Å². The van der Waals surface area contributed by atoms with Crippen molar-refractivity contribution in [2.75, 3.05) is 0 Å². The van der Waals surface area contributed by atoms with Gasteiger partial charge in [0.25, 0.3) is 0 Å². The van der Waals surface area contributed by atoms with Gasteiger partial charge in [-0.25, -0.2) is 4.79 Å². The lowest BCUT2D eigenvalue weighted by Gasteiger charge is -2.05. The van der Waals surface area contributed by atoms with Crippen LogP contribution >= 0.6 is 11.6 Å². The fraction of sp³-hybridized carbons (Fsp3) is 0.300. The average molecular weight is 213 g/mol. The number of rotatable bonds is 3. The molecule has 0 heterocycles. The van der Waals surface area contributed by atoms with Gasteiger partial charge in [0.1, 0.15) is 5.75 Å². The predicted molar refractivity (Wildman–Crippen MR) is 52.1 cm³/mol. The molecule has 0 radical (unpaired) electrons. The third kappa shape index (κ3) is 2.17. The monoisotopic (exact) mass is 212 g/mol. The second-order valence-corrected chi connectivity index (χ2v) is 3.73. The molecule has 4 heteroatoms. The molecule has 0 spiro atoms. The van der Waals surface area contributed by atoms with Crippen LogP contribution in [0.5, 0.6) is 5.75 Å². The molecule has 1 aromatic rings. The van der Waals surface area contributed by atoms with E-state index in [1.54, 1.807) is 6.07 Å². The molecular weight excluding hydrogens is 204 g/mol. The molecule has 1 aromatic carbocycles. The Labute approximate surface area is 86.3 Å². The van der Waals surface area contributed by atoms with Gasteiger partial charge in [-0.2, -0.15) is 0 Å². The van der Waals surface area contributed by atoms with Crippen LogP contribution in [0.2, 0.25) is 5.02 Å². The van der Waals surface area contributed by atoms with Gasteiger partial charge in [0.2, 0.25) is 0 Å². The SMILES string of the molecule is O=C(O)c1cc(Cl)cc(OC2CC2)c1. The summed E-state index contributed by atoms with van der Waals surface area (Å²) in [6.07, 6.45) is 2.32. The molecule has 2 rings (SSSR count). The highest BCUT2D eigenvalue weighted by atomic mass is 35.5. The third-order valence-corrected chi connectivity index (χ3v) is 2.16. The van der Waals surface area contributed by atoms with Crippen LogP contribution in [0.1, 0.15) is 23.2 Å². The van der Waals surface area contributed by atoms with Crippen molar-refractivity contribution in [1.82, 2.24) is 0 Å². The van der Waals surface area contributed by atoms with Crippen molar-refractivity contribution in [2.24, 2.45) is 0 Å². The second-order valence-electron chi connectivity index (χ2n) is 3.30. The van der Waals surface area contributed by atoms with Gasteiger partial charge in [0, 0.05) is 5.02 Å². The summed E-state index contributed by atoms with van der Waals surface area (Å²) >= 11 is 5.75. The molecule has 0 atom stereocenters. The molecule has 3 nitrogen and oxygen atoms in total. The quantitative estimate of drug-likeness (QED) is 0.838. The minimum absolute atomic E-state index is 0.160. The summed E-state index contributed by atoms with van der Waals surface area (Å²) in [5.74, 6) is -0.453. The standard InChI is InChI=1S/C10H9ClO3/c11-7-3-6(10(12)13)4-9(5-7)14-8-1-2-8/h3-5,8H,1-2H2,(H,12,13). The first-order chi connectivity index (χ1) is 6.65. The largest absolute Gasteiger partial charge is 0.490 e. The highest BCUT2D eigenvalue weighted by Crippen LogP contribution is 2.29. The third-order valence-electron chi connectivity index (χ3n) is 1.95. The summed E-state index contributed by atoms with van der Waals surface area (Å²) in [7, 11) is 0. The number of halogens is 1. The maximum absolute atomic E-state index is 10.7. The number of benzene rings is 1. The zero-order chi connectivity index (χ0) is 10.1. The number of ether oxygens (including phenoxy) is 1. The Hall–Kier alpha value is -1.22. The molecule has 14 heavy (non-hydrogen) atoms. The molecule has 1 aliphatic rings. The van der Waals surface area contributed by atoms with E-state index in [1.807, 2.05) is 0 Å². The van der Waals surface area contributed by atoms with Crippen LogP contribution in [-0.4, -0.2) is 17.2 Å². The summed E-state index contributed by atoms with van der Waals surface area (Å²) in [5.41, 5.74) is 0.160. The van der Waals surface area contributed by atoms with Crippen LogP contribution in [0.3, 0.4) is 0 Å². The summed E-state index contributed by atoms with van der Waals surface area (Å²) in [6, 6.07) is 4.53. The van der Waals surface area contributed by atoms with Crippen molar-refractivity contribution in [3.05, 3.63) is 28.8 Å². The lowest BCUT2D eigenvalue weighted by molar-refractivity contribution is 0.0696. The molecule has 1 aliphatic carbocycles. The molecule has 0 saturated heterocycles. The van der Waals surface area contributed by atoms with Gasteiger partial charge in [-0.1, -0.05) is 11.6 Å². The van der Waals surface area contributed by atoms with E-state index in [4.69, 9.17) is 21.4 Å². The van der Waals surface area contributed by atoms with Crippen molar-refractivity contribution in [3.63, 3.8) is 0 Å². The normalized spacial score (nSPS) is 15.2. The van der Waals surface area contributed by atoms with Gasteiger partial charge in [-0.3, -0.25) is 0 Å². The molecular formula is C10H9ClO3. The van der Waals surface area contributed by atoms with Crippen LogP contribution in [0.25, 0.3) is 0 Å². The number of carboxylic acids is 1. The first-order valence-electron chi connectivity index (χ1n) is 4.36. The summed E-state index contributed by atoms with van der Waals surface area (Å²) in [5, 5.41) is 9.16. The average Bonchev–Trinajstić information content (AvgIpc) is 2.87. The maximum Gasteiger partial charge on any atom is 0.335 e. The second kappa shape index (κ2) is 3.50. The van der Waals surface area contributed by atoms with Crippen LogP contribution in [0.4, 0.5) is 0 Å². The molecule has 0 bridgehead atoms. The van der Waals surface area contributed by atoms with Gasteiger partial charge in [-0.15, -0.1) is 0 Å². The van der Waals surface area contributed by atoms with Crippen molar-refractivity contribution < 1.29 is 14.6 Å². The Morgan fingerprint density at radius 1 is 1.43 bits per heavy atom. The van der Waals surface area contributed by atoms with Crippen molar-refractivity contribution >= 4 is 17.6 Å². The van der Waals surface area contributed by atoms with Crippen LogP contribution < -0.4 is 4.74 Å². The minimum atomic E-state index is -0.992. The van der Waals surface area contributed by atoms with E-state index >= 15 is 0 Å². The number of carbonyl (C=O) groups is 1. The molecule has 74 valence electrons. The number of hydrogen-bond donors (Lipinski definition) is 1. The van der Waals surface area contributed by atoms with Crippen molar-refractivity contribution in [3.8, 4) is 5.75 Å². The predicted octanol–water partition coefficient (Wildman–Crippen LogP) is 2.58. The van der Waals surface area contributed by atoms with E-state index < -0.39 is 5.97 Å². The fourth-order valence-electron chi connectivity index (χ4n) is 1.13. The Kier molecular flexibility index (Phi) is 2.33. The molecule has 0 aromatic heterocycles. The maximum atomic E-state index is 10.7. The molecule has 1 fully saturated rings. The zero-order valence-electron chi connectivity index (χ0n) is 7.37. The van der Waals surface area contributed by atoms with E-state index in [0.717, 1.165) is 12.8 Å². The van der Waals surface area contributed by atoms with Crippen LogP contribution in [0.15, 0.2) is 18.2 Å². The van der Waals surface area contributed by atoms with Crippen LogP contribution in [-0.2, 0) is 0 Å². The van der Waals surface area contributed by atoms with Crippen LogP contribution in [0, 0.1) is 0 Å². The smallest absolute Gasteiger partial charge is 0.335 e. The summed E-state index contributed by atoms with van der Waals surface area (Å²) < 4.78 is 5.45. The van der Waals surface area contributed by atoms with E-state index in [1.165, 1.54) is 12.1 Å². The highest BCUT2D eigenvalue weighted by Gasteiger charge is 2.23. The number of carboxylic acid groups (broad SMARTS) is 1. The first kappa shape index (κ1) is 9.34. The van der Waals surface area contributed by atoms with Gasteiger partial charge >= 0.3 is 5.97 Å². The lowest BCUT2D eigenvalue weighted by atomic mass is 10.2. The van der Waals surface area contributed by atoms with Gasteiger partial charge in [-0.05, 0) is 31.0 Å². The van der Waals surface area contributed by atoms with E-state index in [0.29, 0.717) is 10.8 Å². The number of aromatic carboxylic acids is 1. The molecule has 1 saturated carbocycles. The summed E-state index contributed by atoms with van der Waals surface area (Å²) in [4.78, 5) is 10.7. The van der Waals surface area contributed by atoms with Gasteiger partial charge < -0.3 is 9.84 Å². The minimum Gasteiger partial charge on any atom is -0.490 e. The molecule has 0 amide bonds. The number of hydrogen-bond acceptors (Lipinski definition) is 2. The topological polar surface area (TPSA) is 46.5 Å². The Morgan fingerprint density at radius 2 is 2.14 bits per heavy atom. The Morgan fingerprint density at radius 3 is 2.71 bits per heavy atom. The summed E-state index contributed by atoms with van der Waals surface area (Å²) in [6.45, 7) is 0. The van der Waals surface area contributed by atoms with E-state index in [2.05, 4.69) is 0 Å². The highest BCUT2D eigenvalue weighted by molar-refractivity contribution is 6.31. The van der Waals surface area contributed by atoms with E-state index in [9.17, 15) is 4.79 Å². The van der Waals surface area contributed by atoms with Crippen molar-refractivity contribution in [2.45, 2.75) is 18.9 Å². The Bertz CT molecular complexity index is 372. The van der Waals surface area contributed by atoms with E-state index in [-0.39, 0.29) is 11.7 Å². The molecule has 0 unspecified atom stereocenters. The first-order valence-corrected chi connectivity index (χ1v) is 4.73.